The normalized spacial score (nSPS) is 20.8. The molecule has 0 aliphatic carbocycles. The van der Waals surface area contributed by atoms with Crippen molar-refractivity contribution >= 4 is 5.91 Å². The summed E-state index contributed by atoms with van der Waals surface area (Å²) < 4.78 is 11.1. The summed E-state index contributed by atoms with van der Waals surface area (Å²) in [7, 11) is 1.63. The van der Waals surface area contributed by atoms with E-state index in [0.717, 1.165) is 22.6 Å². The van der Waals surface area contributed by atoms with Crippen LogP contribution in [-0.2, 0) is 16.8 Å². The van der Waals surface area contributed by atoms with Crippen molar-refractivity contribution in [2.45, 2.75) is 31.8 Å². The van der Waals surface area contributed by atoms with E-state index in [1.165, 1.54) is 0 Å². The minimum Gasteiger partial charge on any atom is -0.497 e. The summed E-state index contributed by atoms with van der Waals surface area (Å²) in [5, 5.41) is 11.0. The zero-order valence-electron chi connectivity index (χ0n) is 16.4. The molecule has 1 aromatic heterocycles. The van der Waals surface area contributed by atoms with Crippen molar-refractivity contribution in [1.82, 2.24) is 9.88 Å². The molecule has 1 N–H and O–H groups in total. The number of likely N-dealkylation sites (tertiary alicyclic amines) is 1. The zero-order chi connectivity index (χ0) is 19.7. The highest BCUT2D eigenvalue weighted by Crippen LogP contribution is 2.34. The molecule has 6 heteroatoms. The van der Waals surface area contributed by atoms with Crippen molar-refractivity contribution in [2.75, 3.05) is 26.8 Å². The van der Waals surface area contributed by atoms with Gasteiger partial charge in [-0.3, -0.25) is 9.78 Å². The van der Waals surface area contributed by atoms with Crippen LogP contribution in [0.1, 0.15) is 29.7 Å². The topological polar surface area (TPSA) is 71.9 Å². The first kappa shape index (κ1) is 18.7. The van der Waals surface area contributed by atoms with Gasteiger partial charge in [-0.1, -0.05) is 6.07 Å². The number of methoxy groups -OCH3 is 1. The quantitative estimate of drug-likeness (QED) is 0.883. The van der Waals surface area contributed by atoms with Gasteiger partial charge in [-0.25, -0.2) is 0 Å². The number of hydrogen-bond donors (Lipinski definition) is 1. The Hall–Kier alpha value is -2.60. The standard InChI is InChI=1S/C22H26N2O4/c1-15-3-6-20(23-13-15)22(26)7-9-24(10-8-22)21(25)17-11-16-12-18(27-2)4-5-19(16)28-14-17/h3-6,12-13,17,26H,7-11,14H2,1-2H3/t17-/m1/s1. The molecule has 0 bridgehead atoms. The fourth-order valence-electron chi connectivity index (χ4n) is 4.01. The summed E-state index contributed by atoms with van der Waals surface area (Å²) in [4.78, 5) is 19.3. The molecule has 0 radical (unpaired) electrons. The van der Waals surface area contributed by atoms with Gasteiger partial charge in [-0.15, -0.1) is 0 Å². The summed E-state index contributed by atoms with van der Waals surface area (Å²) in [6, 6.07) is 9.54. The average Bonchev–Trinajstić information content (AvgIpc) is 2.73. The maximum Gasteiger partial charge on any atom is 0.229 e. The minimum atomic E-state index is -0.965. The van der Waals surface area contributed by atoms with Gasteiger partial charge in [0.05, 0.1) is 18.7 Å². The fourth-order valence-corrected chi connectivity index (χ4v) is 4.01. The average molecular weight is 382 g/mol. The van der Waals surface area contributed by atoms with Gasteiger partial charge < -0.3 is 19.5 Å². The Balaban J connectivity index is 1.41. The van der Waals surface area contributed by atoms with Crippen LogP contribution in [0.4, 0.5) is 0 Å². The third kappa shape index (κ3) is 3.56. The second-order valence-electron chi connectivity index (χ2n) is 7.76. The first-order valence-electron chi connectivity index (χ1n) is 9.72. The van der Waals surface area contributed by atoms with Crippen molar-refractivity contribution in [3.8, 4) is 11.5 Å². The number of aryl methyl sites for hydroxylation is 1. The van der Waals surface area contributed by atoms with Gasteiger partial charge in [-0.2, -0.15) is 0 Å². The van der Waals surface area contributed by atoms with Gasteiger partial charge in [0.1, 0.15) is 23.7 Å². The number of pyridine rings is 1. The van der Waals surface area contributed by atoms with E-state index in [0.29, 0.717) is 44.7 Å². The summed E-state index contributed by atoms with van der Waals surface area (Å²) >= 11 is 0. The number of ether oxygens (including phenoxy) is 2. The van der Waals surface area contributed by atoms with E-state index in [1.54, 1.807) is 13.3 Å². The molecule has 1 fully saturated rings. The maximum atomic E-state index is 13.0. The minimum absolute atomic E-state index is 0.0902. The van der Waals surface area contributed by atoms with Gasteiger partial charge in [0.2, 0.25) is 5.91 Å². The lowest BCUT2D eigenvalue weighted by molar-refractivity contribution is -0.141. The Labute approximate surface area is 165 Å². The van der Waals surface area contributed by atoms with Crippen LogP contribution in [0.5, 0.6) is 11.5 Å². The van der Waals surface area contributed by atoms with Crippen molar-refractivity contribution in [1.29, 1.82) is 0 Å². The van der Waals surface area contributed by atoms with Crippen LogP contribution in [0.2, 0.25) is 0 Å². The summed E-state index contributed by atoms with van der Waals surface area (Å²) in [6.07, 6.45) is 3.40. The number of piperidine rings is 1. The second kappa shape index (κ2) is 7.43. The van der Waals surface area contributed by atoms with E-state index in [9.17, 15) is 9.90 Å². The highest BCUT2D eigenvalue weighted by atomic mass is 16.5. The number of aromatic nitrogens is 1. The van der Waals surface area contributed by atoms with Gasteiger partial charge in [0.25, 0.3) is 0 Å². The lowest BCUT2D eigenvalue weighted by atomic mass is 9.86. The Morgan fingerprint density at radius 3 is 2.75 bits per heavy atom. The van der Waals surface area contributed by atoms with Crippen LogP contribution >= 0.6 is 0 Å². The maximum absolute atomic E-state index is 13.0. The number of benzene rings is 1. The molecule has 6 nitrogen and oxygen atoms in total. The van der Waals surface area contributed by atoms with Crippen LogP contribution in [0.25, 0.3) is 0 Å². The Morgan fingerprint density at radius 2 is 2.07 bits per heavy atom. The first-order valence-corrected chi connectivity index (χ1v) is 9.72. The highest BCUT2D eigenvalue weighted by molar-refractivity contribution is 5.80. The number of nitrogens with zero attached hydrogens (tertiary/aromatic N) is 2. The van der Waals surface area contributed by atoms with E-state index in [-0.39, 0.29) is 11.8 Å². The van der Waals surface area contributed by atoms with E-state index in [1.807, 2.05) is 42.2 Å². The smallest absolute Gasteiger partial charge is 0.229 e. The molecule has 1 atom stereocenters. The summed E-state index contributed by atoms with van der Waals surface area (Å²) in [5.74, 6) is 1.48. The molecular formula is C22H26N2O4. The van der Waals surface area contributed by atoms with Gasteiger partial charge in [-0.05, 0) is 61.6 Å². The Bertz CT molecular complexity index is 857. The molecule has 0 unspecified atom stereocenters. The molecule has 1 amide bonds. The van der Waals surface area contributed by atoms with E-state index in [2.05, 4.69) is 4.98 Å². The molecule has 3 heterocycles. The lowest BCUT2D eigenvalue weighted by Crippen LogP contribution is -2.49. The third-order valence-electron chi connectivity index (χ3n) is 5.81. The number of aliphatic hydroxyl groups is 1. The van der Waals surface area contributed by atoms with Crippen LogP contribution in [0.3, 0.4) is 0 Å². The number of carbonyl (C=O) groups is 1. The molecule has 2 aromatic rings. The van der Waals surface area contributed by atoms with Crippen molar-refractivity contribution in [3.05, 3.63) is 53.3 Å². The van der Waals surface area contributed by atoms with Crippen LogP contribution in [0, 0.1) is 12.8 Å². The fraction of sp³-hybridized carbons (Fsp3) is 0.455. The van der Waals surface area contributed by atoms with Crippen LogP contribution < -0.4 is 9.47 Å². The van der Waals surface area contributed by atoms with Gasteiger partial charge >= 0.3 is 0 Å². The van der Waals surface area contributed by atoms with E-state index < -0.39 is 5.60 Å². The Kier molecular flexibility index (Phi) is 4.98. The molecular weight excluding hydrogens is 356 g/mol. The highest BCUT2D eigenvalue weighted by Gasteiger charge is 2.38. The van der Waals surface area contributed by atoms with Gasteiger partial charge in [0.15, 0.2) is 0 Å². The van der Waals surface area contributed by atoms with Crippen molar-refractivity contribution in [3.63, 3.8) is 0 Å². The first-order chi connectivity index (χ1) is 13.5. The van der Waals surface area contributed by atoms with E-state index in [4.69, 9.17) is 9.47 Å². The molecule has 0 saturated carbocycles. The largest absolute Gasteiger partial charge is 0.497 e. The number of amides is 1. The molecule has 2 aliphatic rings. The van der Waals surface area contributed by atoms with Crippen molar-refractivity contribution in [2.24, 2.45) is 5.92 Å². The molecule has 1 saturated heterocycles. The molecule has 2 aliphatic heterocycles. The number of hydrogen-bond acceptors (Lipinski definition) is 5. The zero-order valence-corrected chi connectivity index (χ0v) is 16.4. The number of carbonyl (C=O) groups excluding carboxylic acids is 1. The van der Waals surface area contributed by atoms with E-state index >= 15 is 0 Å². The Morgan fingerprint density at radius 1 is 1.29 bits per heavy atom. The molecule has 4 rings (SSSR count). The molecule has 28 heavy (non-hydrogen) atoms. The molecule has 1 aromatic carbocycles. The van der Waals surface area contributed by atoms with Gasteiger partial charge in [0, 0.05) is 19.3 Å². The lowest BCUT2D eigenvalue weighted by Gasteiger charge is -2.39. The SMILES string of the molecule is COc1ccc2c(c1)C[C@@H](C(=O)N1CCC(O)(c3ccc(C)cn3)CC1)CO2. The predicted molar refractivity (Wildman–Crippen MR) is 104 cm³/mol. The molecule has 148 valence electrons. The monoisotopic (exact) mass is 382 g/mol. The summed E-state index contributed by atoms with van der Waals surface area (Å²) in [6.45, 7) is 3.40. The van der Waals surface area contributed by atoms with Crippen LogP contribution in [0.15, 0.2) is 36.5 Å². The summed E-state index contributed by atoms with van der Waals surface area (Å²) in [5.41, 5.74) is 1.79. The molecule has 0 spiro atoms. The predicted octanol–water partition coefficient (Wildman–Crippen LogP) is 2.46. The number of rotatable bonds is 3. The number of fused-ring (bicyclic) bond motifs is 1. The second-order valence-corrected chi connectivity index (χ2v) is 7.76. The van der Waals surface area contributed by atoms with Crippen molar-refractivity contribution < 1.29 is 19.4 Å². The third-order valence-corrected chi connectivity index (χ3v) is 5.81. The van der Waals surface area contributed by atoms with Crippen LogP contribution in [-0.4, -0.2) is 47.7 Å².